The van der Waals surface area contributed by atoms with Crippen LogP contribution in [0.15, 0.2) is 41.5 Å². The minimum absolute atomic E-state index is 0.134. The Morgan fingerprint density at radius 2 is 2.00 bits per heavy atom. The molecule has 2 aromatic rings. The van der Waals surface area contributed by atoms with Crippen molar-refractivity contribution in [1.82, 2.24) is 15.3 Å². The molecule has 1 aliphatic rings. The molecule has 0 saturated heterocycles. The summed E-state index contributed by atoms with van der Waals surface area (Å²) in [4.78, 5) is 30.0. The van der Waals surface area contributed by atoms with Crippen molar-refractivity contribution in [2.24, 2.45) is 0 Å². The lowest BCUT2D eigenvalue weighted by atomic mass is 9.92. The number of aromatic nitrogens is 2. The van der Waals surface area contributed by atoms with E-state index in [1.54, 1.807) is 6.20 Å². The fraction of sp³-hybridized carbons (Fsp3) is 0.389. The number of rotatable bonds is 4. The van der Waals surface area contributed by atoms with Gasteiger partial charge in [0.2, 0.25) is 11.4 Å². The first-order valence-electron chi connectivity index (χ1n) is 8.19. The van der Waals surface area contributed by atoms with Crippen LogP contribution in [0.3, 0.4) is 0 Å². The number of aryl methyl sites for hydroxylation is 1. The molecule has 1 amide bonds. The van der Waals surface area contributed by atoms with Gasteiger partial charge in [-0.15, -0.1) is 0 Å². The molecule has 1 aliphatic carbocycles. The third-order valence-electron chi connectivity index (χ3n) is 4.23. The first-order chi connectivity index (χ1) is 11.6. The number of amides is 1. The zero-order valence-corrected chi connectivity index (χ0v) is 13.6. The van der Waals surface area contributed by atoms with E-state index in [1.165, 1.54) is 18.3 Å². The summed E-state index contributed by atoms with van der Waals surface area (Å²) in [6, 6.07) is 6.90. The molecule has 2 aromatic heterocycles. The van der Waals surface area contributed by atoms with Gasteiger partial charge in [0.15, 0.2) is 0 Å². The van der Waals surface area contributed by atoms with Gasteiger partial charge in [0.1, 0.15) is 6.10 Å². The lowest BCUT2D eigenvalue weighted by Gasteiger charge is -2.29. The van der Waals surface area contributed by atoms with Gasteiger partial charge in [-0.05, 0) is 44.2 Å². The summed E-state index contributed by atoms with van der Waals surface area (Å²) >= 11 is 0. The summed E-state index contributed by atoms with van der Waals surface area (Å²) in [5, 5.41) is 3.01. The highest BCUT2D eigenvalue weighted by atomic mass is 16.5. The summed E-state index contributed by atoms with van der Waals surface area (Å²) in [7, 11) is 0. The van der Waals surface area contributed by atoms with Crippen molar-refractivity contribution in [3.8, 4) is 5.88 Å². The Balaban J connectivity index is 1.48. The maximum Gasteiger partial charge on any atom is 0.252 e. The number of carbonyl (C=O) groups excluding carboxylic acids is 1. The maximum absolute atomic E-state index is 12.2. The van der Waals surface area contributed by atoms with E-state index in [0.29, 0.717) is 11.4 Å². The zero-order valence-electron chi connectivity index (χ0n) is 13.6. The molecule has 0 bridgehead atoms. The number of nitrogens with one attached hydrogen (secondary N) is 2. The smallest absolute Gasteiger partial charge is 0.252 e. The third kappa shape index (κ3) is 4.22. The first kappa shape index (κ1) is 16.2. The van der Waals surface area contributed by atoms with Crippen LogP contribution in [0.4, 0.5) is 0 Å². The van der Waals surface area contributed by atoms with Crippen LogP contribution in [0, 0.1) is 6.92 Å². The number of hydrogen-bond acceptors (Lipinski definition) is 4. The summed E-state index contributed by atoms with van der Waals surface area (Å²) in [6.45, 7) is 1.99. The van der Waals surface area contributed by atoms with Gasteiger partial charge in [0.05, 0.1) is 5.56 Å². The molecule has 126 valence electrons. The second-order valence-corrected chi connectivity index (χ2v) is 6.18. The van der Waals surface area contributed by atoms with Crippen LogP contribution in [0.25, 0.3) is 0 Å². The standard InChI is InChI=1S/C18H21N3O3/c1-12-2-9-17(20-10-12)24-15-6-4-14(5-7-15)21-18(23)13-3-8-16(22)19-11-13/h2-3,8-11,14-15H,4-7H2,1H3,(H,19,22)(H,21,23). The molecule has 1 saturated carbocycles. The van der Waals surface area contributed by atoms with E-state index in [4.69, 9.17) is 4.74 Å². The molecule has 0 aliphatic heterocycles. The number of ether oxygens (including phenoxy) is 1. The molecule has 0 aromatic carbocycles. The Kier molecular flexibility index (Phi) is 4.93. The molecular weight excluding hydrogens is 306 g/mol. The van der Waals surface area contributed by atoms with Crippen molar-refractivity contribution in [3.05, 3.63) is 58.1 Å². The van der Waals surface area contributed by atoms with E-state index in [2.05, 4.69) is 15.3 Å². The molecule has 3 rings (SSSR count). The van der Waals surface area contributed by atoms with Crippen LogP contribution >= 0.6 is 0 Å². The Morgan fingerprint density at radius 1 is 1.21 bits per heavy atom. The van der Waals surface area contributed by atoms with Crippen molar-refractivity contribution in [2.45, 2.75) is 44.8 Å². The number of aromatic amines is 1. The van der Waals surface area contributed by atoms with Gasteiger partial charge in [-0.2, -0.15) is 0 Å². The highest BCUT2D eigenvalue weighted by Crippen LogP contribution is 2.23. The maximum atomic E-state index is 12.2. The largest absolute Gasteiger partial charge is 0.474 e. The minimum Gasteiger partial charge on any atom is -0.474 e. The molecule has 6 heteroatoms. The molecule has 0 spiro atoms. The predicted octanol–water partition coefficient (Wildman–Crippen LogP) is 2.20. The molecule has 2 N–H and O–H groups in total. The normalized spacial score (nSPS) is 20.4. The SMILES string of the molecule is Cc1ccc(OC2CCC(NC(=O)c3ccc(=O)[nH]c3)CC2)nc1. The van der Waals surface area contributed by atoms with Crippen molar-refractivity contribution >= 4 is 5.91 Å². The van der Waals surface area contributed by atoms with Crippen LogP contribution < -0.4 is 15.6 Å². The van der Waals surface area contributed by atoms with Gasteiger partial charge >= 0.3 is 0 Å². The zero-order chi connectivity index (χ0) is 16.9. The van der Waals surface area contributed by atoms with Crippen LogP contribution in [0.5, 0.6) is 5.88 Å². The van der Waals surface area contributed by atoms with Gasteiger partial charge < -0.3 is 15.0 Å². The van der Waals surface area contributed by atoms with Crippen LogP contribution in [0.2, 0.25) is 0 Å². The van der Waals surface area contributed by atoms with E-state index < -0.39 is 0 Å². The van der Waals surface area contributed by atoms with E-state index in [1.807, 2.05) is 19.1 Å². The van der Waals surface area contributed by atoms with Gasteiger partial charge in [0, 0.05) is 30.6 Å². The molecule has 0 unspecified atom stereocenters. The predicted molar refractivity (Wildman–Crippen MR) is 90.2 cm³/mol. The molecule has 0 atom stereocenters. The van der Waals surface area contributed by atoms with Crippen molar-refractivity contribution in [2.75, 3.05) is 0 Å². The Labute approximate surface area is 140 Å². The van der Waals surface area contributed by atoms with E-state index in [0.717, 1.165) is 31.2 Å². The second kappa shape index (κ2) is 7.29. The first-order valence-corrected chi connectivity index (χ1v) is 8.19. The Bertz CT molecular complexity index is 726. The topological polar surface area (TPSA) is 84.1 Å². The number of hydrogen-bond donors (Lipinski definition) is 2. The van der Waals surface area contributed by atoms with E-state index >= 15 is 0 Å². The molecular formula is C18H21N3O3. The number of H-pyrrole nitrogens is 1. The monoisotopic (exact) mass is 327 g/mol. The third-order valence-corrected chi connectivity index (χ3v) is 4.23. The fourth-order valence-electron chi connectivity index (χ4n) is 2.84. The summed E-state index contributed by atoms with van der Waals surface area (Å²) < 4.78 is 5.90. The van der Waals surface area contributed by atoms with Crippen molar-refractivity contribution in [3.63, 3.8) is 0 Å². The number of carbonyl (C=O) groups is 1. The molecule has 24 heavy (non-hydrogen) atoms. The van der Waals surface area contributed by atoms with E-state index in [-0.39, 0.29) is 23.6 Å². The minimum atomic E-state index is -0.214. The Morgan fingerprint density at radius 3 is 2.62 bits per heavy atom. The van der Waals surface area contributed by atoms with E-state index in [9.17, 15) is 9.59 Å². The fourth-order valence-corrected chi connectivity index (χ4v) is 2.84. The van der Waals surface area contributed by atoms with Crippen LogP contribution in [-0.4, -0.2) is 28.0 Å². The van der Waals surface area contributed by atoms with Gasteiger partial charge in [-0.1, -0.05) is 6.07 Å². The summed E-state index contributed by atoms with van der Waals surface area (Å²) in [5.74, 6) is 0.497. The van der Waals surface area contributed by atoms with Gasteiger partial charge in [0.25, 0.3) is 5.91 Å². The highest BCUT2D eigenvalue weighted by molar-refractivity contribution is 5.93. The van der Waals surface area contributed by atoms with Crippen LogP contribution in [-0.2, 0) is 0 Å². The molecule has 6 nitrogen and oxygen atoms in total. The summed E-state index contributed by atoms with van der Waals surface area (Å²) in [5.41, 5.74) is 1.36. The van der Waals surface area contributed by atoms with Crippen molar-refractivity contribution < 1.29 is 9.53 Å². The average molecular weight is 327 g/mol. The number of pyridine rings is 2. The highest BCUT2D eigenvalue weighted by Gasteiger charge is 2.24. The lowest BCUT2D eigenvalue weighted by Crippen LogP contribution is -2.39. The van der Waals surface area contributed by atoms with Gasteiger partial charge in [-0.3, -0.25) is 9.59 Å². The summed E-state index contributed by atoms with van der Waals surface area (Å²) in [6.07, 6.45) is 6.87. The second-order valence-electron chi connectivity index (χ2n) is 6.18. The number of nitrogens with zero attached hydrogens (tertiary/aromatic N) is 1. The lowest BCUT2D eigenvalue weighted by molar-refractivity contribution is 0.0890. The molecule has 1 fully saturated rings. The van der Waals surface area contributed by atoms with Crippen LogP contribution in [0.1, 0.15) is 41.6 Å². The van der Waals surface area contributed by atoms with Gasteiger partial charge in [-0.25, -0.2) is 4.98 Å². The van der Waals surface area contributed by atoms with Crippen molar-refractivity contribution in [1.29, 1.82) is 0 Å². The Hall–Kier alpha value is -2.63. The molecule has 2 heterocycles. The average Bonchev–Trinajstić information content (AvgIpc) is 2.59. The quantitative estimate of drug-likeness (QED) is 0.901. The molecule has 0 radical (unpaired) electrons.